The number of aliphatic hydroxyl groups is 1. The van der Waals surface area contributed by atoms with E-state index < -0.39 is 23.8 Å². The van der Waals surface area contributed by atoms with Gasteiger partial charge in [-0.3, -0.25) is 0 Å². The quantitative estimate of drug-likeness (QED) is 0.310. The molecule has 2 aromatic carbocycles. The smallest absolute Gasteiger partial charge is 0.0607 e. The monoisotopic (exact) mass is 577 g/mol. The van der Waals surface area contributed by atoms with Gasteiger partial charge in [-0.1, -0.05) is 26.0 Å². The molecule has 0 atom stereocenters. The number of aryl methyl sites for hydroxylation is 2. The Bertz CT molecular complexity index is 1070. The van der Waals surface area contributed by atoms with Gasteiger partial charge in [-0.2, -0.15) is 11.4 Å². The van der Waals surface area contributed by atoms with Gasteiger partial charge in [-0.05, 0) is 13.8 Å². The Morgan fingerprint density at radius 2 is 1.25 bits per heavy atom. The molecule has 0 bridgehead atoms. The molecule has 0 unspecified atom stereocenters. The summed E-state index contributed by atoms with van der Waals surface area (Å²) < 4.78 is 18.8. The van der Waals surface area contributed by atoms with E-state index >= 15 is 0 Å². The maximum atomic E-state index is 11.2. The van der Waals surface area contributed by atoms with Crippen molar-refractivity contribution in [3.05, 3.63) is 88.7 Å². The van der Waals surface area contributed by atoms with Crippen LogP contribution in [0.4, 0.5) is 10.1 Å². The molecular formula is C31H44FMoN2O-. The van der Waals surface area contributed by atoms with Crippen molar-refractivity contribution in [3.63, 3.8) is 0 Å². The second-order valence-corrected chi connectivity index (χ2v) is 12.2. The van der Waals surface area contributed by atoms with Crippen LogP contribution in [-0.2, 0) is 23.3 Å². The summed E-state index contributed by atoms with van der Waals surface area (Å²) in [6, 6.07) is 21.4. The predicted octanol–water partition coefficient (Wildman–Crippen LogP) is 8.56. The zero-order valence-corrected chi connectivity index (χ0v) is 25.6. The molecule has 0 aliphatic heterocycles. The van der Waals surface area contributed by atoms with Crippen molar-refractivity contribution in [2.45, 2.75) is 92.3 Å². The predicted molar refractivity (Wildman–Crippen MR) is 149 cm³/mol. The van der Waals surface area contributed by atoms with Gasteiger partial charge in [0.2, 0.25) is 5.85 Å². The molecule has 3 nitrogen and oxygen atoms in total. The van der Waals surface area contributed by atoms with Crippen molar-refractivity contribution >= 4 is 10.1 Å². The maximum absolute atomic E-state index is 11.2. The van der Waals surface area contributed by atoms with E-state index in [0.29, 0.717) is 11.8 Å². The standard InChI is InChI=1S/C12H17N.C10H12.C6H8N.C3H7FO.Mo/c1-8(2)10-6-5-7-11(9(3)4)12(10)13;1-10(2,3)9-7-5-4-6-8-9;1-5-3-4-6(2)7-5;1-3(2,4)5;/h5-9H,1-4H3;1,4-8H,2-3H3;3-4H,1-2H3;5H,1-2H3;/q;;-1;;. The van der Waals surface area contributed by atoms with E-state index in [1.54, 1.807) is 0 Å². The Kier molecular flexibility index (Phi) is 13.0. The third kappa shape index (κ3) is 12.3. The number of benzene rings is 2. The second-order valence-electron chi connectivity index (χ2n) is 10.6. The van der Waals surface area contributed by atoms with Crippen LogP contribution in [0.2, 0.25) is 0 Å². The van der Waals surface area contributed by atoms with Crippen molar-refractivity contribution in [1.29, 1.82) is 0 Å². The maximum Gasteiger partial charge on any atom is -0.0607 e. The number of halogens is 1. The van der Waals surface area contributed by atoms with Crippen molar-refractivity contribution in [1.82, 2.24) is 4.98 Å². The fraction of sp³-hybridized carbons (Fsp3) is 0.452. The molecule has 0 saturated heterocycles. The van der Waals surface area contributed by atoms with Gasteiger partial charge in [-0.15, -0.1) is 0 Å². The van der Waals surface area contributed by atoms with Gasteiger partial charge >= 0.3 is 156 Å². The van der Waals surface area contributed by atoms with E-state index in [4.69, 9.17) is 8.60 Å². The van der Waals surface area contributed by atoms with E-state index in [9.17, 15) is 4.39 Å². The molecule has 0 amide bonds. The third-order valence-corrected chi connectivity index (χ3v) is 7.69. The number of hydrogen-bond donors (Lipinski definition) is 1. The second kappa shape index (κ2) is 14.6. The molecule has 1 aromatic heterocycles. The van der Waals surface area contributed by atoms with Gasteiger partial charge in [0.15, 0.2) is 0 Å². The van der Waals surface area contributed by atoms with Gasteiger partial charge in [0.25, 0.3) is 0 Å². The van der Waals surface area contributed by atoms with Crippen LogP contribution in [0.15, 0.2) is 64.2 Å². The summed E-state index contributed by atoms with van der Waals surface area (Å²) in [7, 11) is 0. The topological polar surface area (TPSA) is 46.7 Å². The molecule has 1 heterocycles. The Hall–Kier alpha value is -2.03. The van der Waals surface area contributed by atoms with Gasteiger partial charge in [0, 0.05) is 0 Å². The summed E-state index contributed by atoms with van der Waals surface area (Å²) in [6.07, 6.45) is 0. The van der Waals surface area contributed by atoms with E-state index in [2.05, 4.69) is 99.5 Å². The molecule has 0 aliphatic carbocycles. The molecule has 36 heavy (non-hydrogen) atoms. The van der Waals surface area contributed by atoms with Crippen molar-refractivity contribution in [3.8, 4) is 0 Å². The zero-order valence-electron chi connectivity index (χ0n) is 23.6. The van der Waals surface area contributed by atoms with Crippen molar-refractivity contribution in [2.24, 2.45) is 3.50 Å². The van der Waals surface area contributed by atoms with Crippen LogP contribution in [0.3, 0.4) is 0 Å². The molecule has 3 rings (SSSR count). The number of rotatable bonds is 5. The first-order chi connectivity index (χ1) is 16.6. The van der Waals surface area contributed by atoms with Gasteiger partial charge in [0.05, 0.1) is 0 Å². The number of alkyl halides is 1. The van der Waals surface area contributed by atoms with Crippen molar-refractivity contribution < 1.29 is 27.4 Å². The molecule has 5 heteroatoms. The van der Waals surface area contributed by atoms with Crippen LogP contribution < -0.4 is 4.98 Å². The third-order valence-electron chi connectivity index (χ3n) is 5.27. The molecule has 0 aliphatic rings. The Morgan fingerprint density at radius 1 is 0.806 bits per heavy atom. The van der Waals surface area contributed by atoms with E-state index in [0.717, 1.165) is 25.2 Å². The first kappa shape index (κ1) is 32.0. The fourth-order valence-electron chi connectivity index (χ4n) is 3.36. The largest absolute Gasteiger partial charge is 0.665 e. The first-order valence-corrected chi connectivity index (χ1v) is 14.5. The molecule has 0 spiro atoms. The summed E-state index contributed by atoms with van der Waals surface area (Å²) in [5, 5.41) is 7.85. The van der Waals surface area contributed by atoms with E-state index in [1.807, 2.05) is 26.0 Å². The summed E-state index contributed by atoms with van der Waals surface area (Å²) in [5.74, 6) is -0.978. The molecule has 0 fully saturated rings. The molecule has 0 radical (unpaired) electrons. The van der Waals surface area contributed by atoms with Crippen LogP contribution in [-0.4, -0.2) is 15.4 Å². The molecule has 3 aromatic rings. The number of nitrogens with zero attached hydrogens (tertiary/aromatic N) is 2. The van der Waals surface area contributed by atoms with Crippen LogP contribution in [0.25, 0.3) is 0 Å². The first-order valence-electron chi connectivity index (χ1n) is 12.5. The molecule has 198 valence electrons. The minimum absolute atomic E-state index is 0.0811. The number of aromatic nitrogens is 1. The number of hydrogen-bond acceptors (Lipinski definition) is 2. The minimum Gasteiger partial charge on any atom is -0.665 e. The van der Waals surface area contributed by atoms with Gasteiger partial charge in [0.1, 0.15) is 0 Å². The van der Waals surface area contributed by atoms with E-state index in [-0.39, 0.29) is 5.41 Å². The molecular weight excluding hydrogens is 531 g/mol. The van der Waals surface area contributed by atoms with Gasteiger partial charge in [-0.25, -0.2) is 4.39 Å². The van der Waals surface area contributed by atoms with Crippen LogP contribution >= 0.6 is 0 Å². The van der Waals surface area contributed by atoms with Gasteiger partial charge < -0.3 is 10.1 Å². The summed E-state index contributed by atoms with van der Waals surface area (Å²) >= 11 is -0.553. The molecule has 0 saturated carbocycles. The zero-order chi connectivity index (χ0) is 27.5. The van der Waals surface area contributed by atoms with Crippen LogP contribution in [0, 0.1) is 13.8 Å². The minimum atomic E-state index is -2.00. The Labute approximate surface area is 226 Å². The SMILES string of the molecule is CC(C)(O)F.CC(C)c1cccc(C(C)C)c1[N]=[Mo]=[CH]C(C)(C)c1ccccc1.Cc1ccc(C)[n-]1. The van der Waals surface area contributed by atoms with E-state index in [1.165, 1.54) is 22.4 Å². The summed E-state index contributed by atoms with van der Waals surface area (Å²) in [4.78, 5) is 4.11. The average Bonchev–Trinajstić information content (AvgIpc) is 3.15. The summed E-state index contributed by atoms with van der Waals surface area (Å²) in [5.41, 5.74) is 7.69. The Morgan fingerprint density at radius 3 is 1.61 bits per heavy atom. The molecule has 1 N–H and O–H groups in total. The van der Waals surface area contributed by atoms with Crippen LogP contribution in [0.1, 0.15) is 95.3 Å². The fourth-order valence-corrected chi connectivity index (χ4v) is 5.25. The Balaban J connectivity index is 0.000000442. The normalized spacial score (nSPS) is 11.3. The average molecular weight is 576 g/mol. The van der Waals surface area contributed by atoms with Crippen molar-refractivity contribution in [2.75, 3.05) is 0 Å². The summed E-state index contributed by atoms with van der Waals surface area (Å²) in [6.45, 7) is 19.8. The van der Waals surface area contributed by atoms with Crippen LogP contribution in [0.5, 0.6) is 0 Å².